The Labute approximate surface area is 151 Å². The van der Waals surface area contributed by atoms with Crippen molar-refractivity contribution in [1.29, 1.82) is 0 Å². The fraction of sp³-hybridized carbons (Fsp3) is 0.105. The van der Waals surface area contributed by atoms with Crippen LogP contribution in [0.3, 0.4) is 0 Å². The molecule has 0 bridgehead atoms. The van der Waals surface area contributed by atoms with Gasteiger partial charge in [-0.15, -0.1) is 6.58 Å². The molecular formula is C19H17N3O2S. The molecule has 25 heavy (non-hydrogen) atoms. The van der Waals surface area contributed by atoms with Crippen molar-refractivity contribution >= 4 is 35.2 Å². The molecule has 1 saturated heterocycles. The van der Waals surface area contributed by atoms with E-state index in [0.717, 1.165) is 16.9 Å². The Kier molecular flexibility index (Phi) is 4.63. The van der Waals surface area contributed by atoms with Crippen molar-refractivity contribution in [2.75, 3.05) is 6.54 Å². The van der Waals surface area contributed by atoms with Gasteiger partial charge in [-0.25, -0.2) is 0 Å². The molecule has 0 spiro atoms. The van der Waals surface area contributed by atoms with E-state index < -0.39 is 11.8 Å². The van der Waals surface area contributed by atoms with Crippen molar-refractivity contribution < 1.29 is 9.59 Å². The molecular weight excluding hydrogens is 334 g/mol. The number of aromatic nitrogens is 1. The summed E-state index contributed by atoms with van der Waals surface area (Å²) in [5.41, 5.74) is 2.88. The number of rotatable bonds is 4. The normalized spacial score (nSPS) is 16.3. The molecule has 1 aromatic carbocycles. The fourth-order valence-corrected chi connectivity index (χ4v) is 2.84. The van der Waals surface area contributed by atoms with Crippen LogP contribution in [-0.2, 0) is 9.59 Å². The second-order valence-corrected chi connectivity index (χ2v) is 6.05. The van der Waals surface area contributed by atoms with Crippen molar-refractivity contribution in [3.8, 4) is 5.69 Å². The molecule has 2 aromatic rings. The third-order valence-electron chi connectivity index (χ3n) is 3.88. The minimum Gasteiger partial charge on any atom is -0.317 e. The van der Waals surface area contributed by atoms with E-state index in [0.29, 0.717) is 0 Å². The number of hydrogen-bond acceptors (Lipinski definition) is 3. The molecule has 3 rings (SSSR count). The SMILES string of the molecule is C=CCN1C(=O)C(=Cc2cccn2-c2ccc(C)cc2)C(=O)NC1=S. The minimum atomic E-state index is -0.494. The van der Waals surface area contributed by atoms with Gasteiger partial charge in [0.15, 0.2) is 5.11 Å². The molecule has 2 amide bonds. The van der Waals surface area contributed by atoms with E-state index in [-0.39, 0.29) is 17.2 Å². The number of benzene rings is 1. The highest BCUT2D eigenvalue weighted by Crippen LogP contribution is 2.19. The molecule has 0 saturated carbocycles. The van der Waals surface area contributed by atoms with Gasteiger partial charge in [0.1, 0.15) is 5.57 Å². The van der Waals surface area contributed by atoms with Crippen LogP contribution in [0.25, 0.3) is 11.8 Å². The van der Waals surface area contributed by atoms with Crippen LogP contribution >= 0.6 is 12.2 Å². The summed E-state index contributed by atoms with van der Waals surface area (Å²) in [6.07, 6.45) is 5.03. The van der Waals surface area contributed by atoms with Crippen LogP contribution in [0.2, 0.25) is 0 Å². The van der Waals surface area contributed by atoms with Crippen LogP contribution in [0, 0.1) is 6.92 Å². The molecule has 0 aliphatic carbocycles. The Hall–Kier alpha value is -2.99. The number of thiocarbonyl (C=S) groups is 1. The van der Waals surface area contributed by atoms with E-state index >= 15 is 0 Å². The number of carbonyl (C=O) groups excluding carboxylic acids is 2. The quantitative estimate of drug-likeness (QED) is 0.399. The Balaban J connectivity index is 2.00. The van der Waals surface area contributed by atoms with E-state index in [2.05, 4.69) is 11.9 Å². The predicted molar refractivity (Wildman–Crippen MR) is 101 cm³/mol. The van der Waals surface area contributed by atoms with E-state index in [1.807, 2.05) is 54.1 Å². The number of hydrogen-bond donors (Lipinski definition) is 1. The van der Waals surface area contributed by atoms with Crippen molar-refractivity contribution in [1.82, 2.24) is 14.8 Å². The molecule has 1 aliphatic heterocycles. The molecule has 1 aliphatic rings. The zero-order valence-corrected chi connectivity index (χ0v) is 14.5. The predicted octanol–water partition coefficient (Wildman–Crippen LogP) is 2.60. The number of amides is 2. The smallest absolute Gasteiger partial charge is 0.266 e. The summed E-state index contributed by atoms with van der Waals surface area (Å²) in [6, 6.07) is 11.7. The topological polar surface area (TPSA) is 54.3 Å². The van der Waals surface area contributed by atoms with Gasteiger partial charge in [-0.3, -0.25) is 19.8 Å². The molecule has 1 N–H and O–H groups in total. The van der Waals surface area contributed by atoms with Crippen LogP contribution in [0.15, 0.2) is 60.8 Å². The number of carbonyl (C=O) groups is 2. The molecule has 126 valence electrons. The van der Waals surface area contributed by atoms with Crippen LogP contribution in [0.5, 0.6) is 0 Å². The zero-order valence-electron chi connectivity index (χ0n) is 13.7. The first-order chi connectivity index (χ1) is 12.0. The van der Waals surface area contributed by atoms with Gasteiger partial charge in [0, 0.05) is 24.1 Å². The first kappa shape index (κ1) is 16.9. The summed E-state index contributed by atoms with van der Waals surface area (Å²) in [5, 5.41) is 2.64. The van der Waals surface area contributed by atoms with Gasteiger partial charge in [-0.2, -0.15) is 0 Å². The lowest BCUT2D eigenvalue weighted by atomic mass is 10.1. The summed E-state index contributed by atoms with van der Waals surface area (Å²) < 4.78 is 1.91. The van der Waals surface area contributed by atoms with Crippen molar-refractivity contribution in [2.45, 2.75) is 6.92 Å². The monoisotopic (exact) mass is 351 g/mol. The maximum absolute atomic E-state index is 12.6. The lowest BCUT2D eigenvalue weighted by molar-refractivity contribution is -0.128. The van der Waals surface area contributed by atoms with Crippen LogP contribution in [-0.4, -0.2) is 32.9 Å². The van der Waals surface area contributed by atoms with E-state index in [9.17, 15) is 9.59 Å². The molecule has 5 nitrogen and oxygen atoms in total. The molecule has 0 unspecified atom stereocenters. The Morgan fingerprint density at radius 2 is 1.92 bits per heavy atom. The number of nitrogens with one attached hydrogen (secondary N) is 1. The average molecular weight is 351 g/mol. The number of aryl methyl sites for hydroxylation is 1. The minimum absolute atomic E-state index is 0.0440. The third-order valence-corrected chi connectivity index (χ3v) is 4.20. The number of nitrogens with zero attached hydrogens (tertiary/aromatic N) is 2. The van der Waals surface area contributed by atoms with Crippen LogP contribution in [0.1, 0.15) is 11.3 Å². The maximum atomic E-state index is 12.6. The Morgan fingerprint density at radius 1 is 1.20 bits per heavy atom. The summed E-state index contributed by atoms with van der Waals surface area (Å²) in [6.45, 7) is 5.88. The van der Waals surface area contributed by atoms with Crippen LogP contribution in [0.4, 0.5) is 0 Å². The molecule has 0 atom stereocenters. The van der Waals surface area contributed by atoms with E-state index in [1.54, 1.807) is 12.2 Å². The molecule has 2 heterocycles. The van der Waals surface area contributed by atoms with Gasteiger partial charge in [0.05, 0.1) is 0 Å². The largest absolute Gasteiger partial charge is 0.317 e. The standard InChI is InChI=1S/C19H17N3O2S/c1-3-10-22-18(24)16(17(23)20-19(22)25)12-15-5-4-11-21(15)14-8-6-13(2)7-9-14/h3-9,11-12H,1,10H2,2H3,(H,20,23,25). The lowest BCUT2D eigenvalue weighted by Crippen LogP contribution is -2.53. The van der Waals surface area contributed by atoms with Gasteiger partial charge in [-0.1, -0.05) is 23.8 Å². The first-order valence-electron chi connectivity index (χ1n) is 7.75. The van der Waals surface area contributed by atoms with Gasteiger partial charge in [-0.05, 0) is 49.5 Å². The van der Waals surface area contributed by atoms with E-state index in [1.165, 1.54) is 4.90 Å². The first-order valence-corrected chi connectivity index (χ1v) is 8.16. The Bertz CT molecular complexity index is 894. The molecule has 0 radical (unpaired) electrons. The van der Waals surface area contributed by atoms with Gasteiger partial charge in [0.25, 0.3) is 11.8 Å². The fourth-order valence-electron chi connectivity index (χ4n) is 2.59. The lowest BCUT2D eigenvalue weighted by Gasteiger charge is -2.27. The highest BCUT2D eigenvalue weighted by atomic mass is 32.1. The highest BCUT2D eigenvalue weighted by Gasteiger charge is 2.32. The van der Waals surface area contributed by atoms with Crippen LogP contribution < -0.4 is 5.32 Å². The summed E-state index contributed by atoms with van der Waals surface area (Å²) in [4.78, 5) is 26.2. The maximum Gasteiger partial charge on any atom is 0.266 e. The second kappa shape index (κ2) is 6.86. The van der Waals surface area contributed by atoms with Crippen molar-refractivity contribution in [2.24, 2.45) is 0 Å². The van der Waals surface area contributed by atoms with Gasteiger partial charge < -0.3 is 4.57 Å². The third kappa shape index (κ3) is 3.29. The van der Waals surface area contributed by atoms with Crippen molar-refractivity contribution in [3.05, 3.63) is 72.1 Å². The molecule has 6 heteroatoms. The molecule has 1 aromatic heterocycles. The van der Waals surface area contributed by atoms with Gasteiger partial charge in [0.2, 0.25) is 0 Å². The summed E-state index contributed by atoms with van der Waals surface area (Å²) in [7, 11) is 0. The zero-order chi connectivity index (χ0) is 18.0. The van der Waals surface area contributed by atoms with E-state index in [4.69, 9.17) is 12.2 Å². The molecule has 1 fully saturated rings. The summed E-state index contributed by atoms with van der Waals surface area (Å²) in [5.74, 6) is -0.919. The van der Waals surface area contributed by atoms with Gasteiger partial charge >= 0.3 is 0 Å². The highest BCUT2D eigenvalue weighted by molar-refractivity contribution is 7.80. The Morgan fingerprint density at radius 3 is 2.60 bits per heavy atom. The summed E-state index contributed by atoms with van der Waals surface area (Å²) >= 11 is 5.06. The van der Waals surface area contributed by atoms with Crippen molar-refractivity contribution in [3.63, 3.8) is 0 Å². The second-order valence-electron chi connectivity index (χ2n) is 5.66. The average Bonchev–Trinajstić information content (AvgIpc) is 3.04.